The van der Waals surface area contributed by atoms with Gasteiger partial charge >= 0.3 is 0 Å². The highest BCUT2D eigenvalue weighted by Crippen LogP contribution is 2.32. The summed E-state index contributed by atoms with van der Waals surface area (Å²) in [5.74, 6) is 0.733. The second-order valence-electron chi connectivity index (χ2n) is 4.26. The summed E-state index contributed by atoms with van der Waals surface area (Å²) in [6, 6.07) is 8.97. The first-order chi connectivity index (χ1) is 9.56. The highest BCUT2D eigenvalue weighted by molar-refractivity contribution is 6.31. The Morgan fingerprint density at radius 1 is 1.10 bits per heavy atom. The van der Waals surface area contributed by atoms with E-state index < -0.39 is 11.9 Å². The summed E-state index contributed by atoms with van der Waals surface area (Å²) in [5.41, 5.74) is 7.04. The predicted octanol–water partition coefficient (Wildman–Crippen LogP) is 3.54. The average Bonchev–Trinajstić information content (AvgIpc) is 2.46. The minimum Gasteiger partial charge on any atom is -0.497 e. The molecular formula is C15H15ClFNO2. The van der Waals surface area contributed by atoms with Crippen LogP contribution in [0.15, 0.2) is 36.4 Å². The monoisotopic (exact) mass is 295 g/mol. The first-order valence-electron chi connectivity index (χ1n) is 5.99. The van der Waals surface area contributed by atoms with Crippen molar-refractivity contribution in [3.05, 3.63) is 58.4 Å². The van der Waals surface area contributed by atoms with Crippen molar-refractivity contribution >= 4 is 11.6 Å². The third kappa shape index (κ3) is 2.86. The van der Waals surface area contributed by atoms with Gasteiger partial charge in [0.2, 0.25) is 0 Å². The second-order valence-corrected chi connectivity index (χ2v) is 4.67. The van der Waals surface area contributed by atoms with Crippen LogP contribution in [0.2, 0.25) is 5.02 Å². The molecule has 0 saturated heterocycles. The Morgan fingerprint density at radius 2 is 1.70 bits per heavy atom. The maximum Gasteiger partial charge on any atom is 0.129 e. The molecule has 3 nitrogen and oxygen atoms in total. The molecule has 0 aliphatic carbocycles. The van der Waals surface area contributed by atoms with E-state index in [0.29, 0.717) is 22.1 Å². The van der Waals surface area contributed by atoms with Crippen molar-refractivity contribution in [1.29, 1.82) is 0 Å². The van der Waals surface area contributed by atoms with E-state index in [2.05, 4.69) is 0 Å². The Balaban J connectivity index is 2.50. The molecule has 1 unspecified atom stereocenters. The quantitative estimate of drug-likeness (QED) is 0.938. The van der Waals surface area contributed by atoms with Crippen LogP contribution >= 0.6 is 11.6 Å². The van der Waals surface area contributed by atoms with Crippen LogP contribution in [-0.2, 0) is 0 Å². The van der Waals surface area contributed by atoms with Crippen molar-refractivity contribution < 1.29 is 13.9 Å². The zero-order valence-corrected chi connectivity index (χ0v) is 11.9. The van der Waals surface area contributed by atoms with E-state index in [9.17, 15) is 4.39 Å². The Kier molecular flexibility index (Phi) is 4.47. The molecule has 2 aromatic rings. The normalized spacial score (nSPS) is 12.1. The molecule has 2 rings (SSSR count). The summed E-state index contributed by atoms with van der Waals surface area (Å²) < 4.78 is 24.3. The third-order valence-corrected chi connectivity index (χ3v) is 3.37. The topological polar surface area (TPSA) is 44.5 Å². The summed E-state index contributed by atoms with van der Waals surface area (Å²) in [5, 5.41) is 0.291. The fourth-order valence-electron chi connectivity index (χ4n) is 1.98. The lowest BCUT2D eigenvalue weighted by Gasteiger charge is -2.17. The molecule has 0 heterocycles. The maximum absolute atomic E-state index is 13.9. The minimum atomic E-state index is -0.701. The highest BCUT2D eigenvalue weighted by atomic mass is 35.5. The number of ether oxygens (including phenoxy) is 2. The van der Waals surface area contributed by atoms with E-state index >= 15 is 0 Å². The van der Waals surface area contributed by atoms with Gasteiger partial charge in [-0.15, -0.1) is 0 Å². The molecule has 1 atom stereocenters. The molecule has 0 radical (unpaired) electrons. The number of methoxy groups -OCH3 is 2. The Bertz CT molecular complexity index is 576. The summed E-state index contributed by atoms with van der Waals surface area (Å²) in [6.07, 6.45) is 0. The first-order valence-corrected chi connectivity index (χ1v) is 6.37. The van der Waals surface area contributed by atoms with Gasteiger partial charge in [-0.3, -0.25) is 0 Å². The van der Waals surface area contributed by atoms with Gasteiger partial charge in [0, 0.05) is 16.7 Å². The van der Waals surface area contributed by atoms with Crippen LogP contribution in [0, 0.1) is 5.82 Å². The lowest BCUT2D eigenvalue weighted by Crippen LogP contribution is -2.14. The van der Waals surface area contributed by atoms with Crippen LogP contribution in [-0.4, -0.2) is 14.2 Å². The second kappa shape index (κ2) is 6.11. The van der Waals surface area contributed by atoms with Gasteiger partial charge in [0.1, 0.15) is 17.3 Å². The zero-order valence-electron chi connectivity index (χ0n) is 11.2. The first kappa shape index (κ1) is 14.6. The van der Waals surface area contributed by atoms with Crippen molar-refractivity contribution in [2.75, 3.05) is 14.2 Å². The lowest BCUT2D eigenvalue weighted by atomic mass is 9.98. The number of halogens is 2. The van der Waals surface area contributed by atoms with Gasteiger partial charge in [-0.1, -0.05) is 17.7 Å². The summed E-state index contributed by atoms with van der Waals surface area (Å²) in [6.45, 7) is 0. The number of nitrogens with two attached hydrogens (primary N) is 1. The zero-order chi connectivity index (χ0) is 14.7. The number of hydrogen-bond acceptors (Lipinski definition) is 3. The van der Waals surface area contributed by atoms with Crippen LogP contribution in [0.25, 0.3) is 0 Å². The number of benzene rings is 2. The summed E-state index contributed by atoms with van der Waals surface area (Å²) in [4.78, 5) is 0. The summed E-state index contributed by atoms with van der Waals surface area (Å²) >= 11 is 6.04. The fraction of sp³-hybridized carbons (Fsp3) is 0.200. The van der Waals surface area contributed by atoms with Gasteiger partial charge in [0.05, 0.1) is 20.3 Å². The van der Waals surface area contributed by atoms with E-state index in [4.69, 9.17) is 26.8 Å². The van der Waals surface area contributed by atoms with Gasteiger partial charge < -0.3 is 15.2 Å². The molecule has 2 aromatic carbocycles. The molecule has 0 saturated carbocycles. The standard InChI is InChI=1S/C15H15ClFNO2/c1-19-10-6-9(7-11(8-10)20-2)15(18)14-12(16)4-3-5-13(14)17/h3-8,15H,18H2,1-2H3. The fourth-order valence-corrected chi connectivity index (χ4v) is 2.26. The van der Waals surface area contributed by atoms with Crippen LogP contribution in [0.4, 0.5) is 4.39 Å². The Morgan fingerprint density at radius 3 is 2.20 bits per heavy atom. The molecule has 0 spiro atoms. The van der Waals surface area contributed by atoms with Gasteiger partial charge in [0.25, 0.3) is 0 Å². The SMILES string of the molecule is COc1cc(OC)cc(C(N)c2c(F)cccc2Cl)c1. The molecular weight excluding hydrogens is 281 g/mol. The predicted molar refractivity (Wildman–Crippen MR) is 77.0 cm³/mol. The van der Waals surface area contributed by atoms with E-state index in [1.807, 2.05) is 0 Å². The minimum absolute atomic E-state index is 0.254. The van der Waals surface area contributed by atoms with Crippen LogP contribution in [0.3, 0.4) is 0 Å². The molecule has 0 fully saturated rings. The highest BCUT2D eigenvalue weighted by Gasteiger charge is 2.18. The van der Waals surface area contributed by atoms with Crippen LogP contribution in [0.5, 0.6) is 11.5 Å². The van der Waals surface area contributed by atoms with E-state index in [0.717, 1.165) is 0 Å². The lowest BCUT2D eigenvalue weighted by molar-refractivity contribution is 0.393. The molecule has 0 amide bonds. The van der Waals surface area contributed by atoms with Gasteiger partial charge in [-0.25, -0.2) is 4.39 Å². The smallest absolute Gasteiger partial charge is 0.129 e. The summed E-state index contributed by atoms with van der Waals surface area (Å²) in [7, 11) is 3.08. The van der Waals surface area contributed by atoms with Crippen molar-refractivity contribution in [1.82, 2.24) is 0 Å². The Labute approximate surface area is 122 Å². The van der Waals surface area contributed by atoms with E-state index in [-0.39, 0.29) is 5.56 Å². The van der Waals surface area contributed by atoms with E-state index in [1.54, 1.807) is 44.6 Å². The van der Waals surface area contributed by atoms with Crippen LogP contribution in [0.1, 0.15) is 17.2 Å². The molecule has 2 N–H and O–H groups in total. The van der Waals surface area contributed by atoms with Crippen LogP contribution < -0.4 is 15.2 Å². The maximum atomic E-state index is 13.9. The molecule has 0 bridgehead atoms. The number of rotatable bonds is 4. The molecule has 0 aliphatic heterocycles. The van der Waals surface area contributed by atoms with Crippen molar-refractivity contribution in [3.8, 4) is 11.5 Å². The molecule has 5 heteroatoms. The molecule has 0 aliphatic rings. The van der Waals surface area contributed by atoms with Crippen molar-refractivity contribution in [2.45, 2.75) is 6.04 Å². The largest absolute Gasteiger partial charge is 0.497 e. The van der Waals surface area contributed by atoms with Gasteiger partial charge in [-0.2, -0.15) is 0 Å². The molecule has 0 aromatic heterocycles. The number of hydrogen-bond donors (Lipinski definition) is 1. The molecule has 20 heavy (non-hydrogen) atoms. The van der Waals surface area contributed by atoms with Gasteiger partial charge in [0.15, 0.2) is 0 Å². The third-order valence-electron chi connectivity index (χ3n) is 3.04. The van der Waals surface area contributed by atoms with Crippen molar-refractivity contribution in [3.63, 3.8) is 0 Å². The van der Waals surface area contributed by atoms with Crippen molar-refractivity contribution in [2.24, 2.45) is 5.73 Å². The molecule has 106 valence electrons. The Hall–Kier alpha value is -1.78. The van der Waals surface area contributed by atoms with E-state index in [1.165, 1.54) is 6.07 Å². The average molecular weight is 296 g/mol. The van der Waals surface area contributed by atoms with Gasteiger partial charge in [-0.05, 0) is 29.8 Å².